The van der Waals surface area contributed by atoms with E-state index in [1.165, 1.54) is 17.8 Å². The standard InChI is InChI=1S/C14H25BrN4/c1-5-18(6-2)12-7-8-19(10-12)14-13(9-15)11(3)16-17(14)4/h12H,5-10H2,1-4H3. The third kappa shape index (κ3) is 2.82. The first-order chi connectivity index (χ1) is 9.12. The Kier molecular flexibility index (Phi) is 4.90. The Morgan fingerprint density at radius 1 is 1.37 bits per heavy atom. The van der Waals surface area contributed by atoms with Gasteiger partial charge in [-0.2, -0.15) is 5.10 Å². The minimum Gasteiger partial charge on any atom is -0.355 e. The number of anilines is 1. The lowest BCUT2D eigenvalue weighted by molar-refractivity contribution is 0.232. The lowest BCUT2D eigenvalue weighted by Gasteiger charge is -2.27. The summed E-state index contributed by atoms with van der Waals surface area (Å²) in [5.74, 6) is 1.30. The number of hydrogen-bond acceptors (Lipinski definition) is 3. The van der Waals surface area contributed by atoms with E-state index in [4.69, 9.17) is 0 Å². The van der Waals surface area contributed by atoms with Crippen molar-refractivity contribution in [3.63, 3.8) is 0 Å². The normalized spacial score (nSPS) is 19.7. The number of rotatable bonds is 5. The van der Waals surface area contributed by atoms with Gasteiger partial charge in [0.25, 0.3) is 0 Å². The monoisotopic (exact) mass is 328 g/mol. The van der Waals surface area contributed by atoms with Gasteiger partial charge in [-0.3, -0.25) is 9.58 Å². The van der Waals surface area contributed by atoms with E-state index in [9.17, 15) is 0 Å². The predicted octanol–water partition coefficient (Wildman–Crippen LogP) is 2.54. The van der Waals surface area contributed by atoms with Gasteiger partial charge in [-0.15, -0.1) is 0 Å². The van der Waals surface area contributed by atoms with E-state index in [-0.39, 0.29) is 0 Å². The quantitative estimate of drug-likeness (QED) is 0.776. The van der Waals surface area contributed by atoms with Crippen LogP contribution in [0.5, 0.6) is 0 Å². The molecule has 1 fully saturated rings. The van der Waals surface area contributed by atoms with Crippen LogP contribution in [0.15, 0.2) is 0 Å². The molecule has 2 rings (SSSR count). The first-order valence-electron chi connectivity index (χ1n) is 7.19. The van der Waals surface area contributed by atoms with Crippen molar-refractivity contribution in [2.45, 2.75) is 38.6 Å². The molecule has 0 aromatic carbocycles. The molecule has 4 nitrogen and oxygen atoms in total. The smallest absolute Gasteiger partial charge is 0.130 e. The third-order valence-corrected chi connectivity index (χ3v) is 4.80. The average molecular weight is 329 g/mol. The van der Waals surface area contributed by atoms with Crippen LogP contribution in [0.4, 0.5) is 5.82 Å². The van der Waals surface area contributed by atoms with E-state index in [0.29, 0.717) is 6.04 Å². The number of nitrogens with zero attached hydrogens (tertiary/aromatic N) is 4. The van der Waals surface area contributed by atoms with Crippen molar-refractivity contribution < 1.29 is 0 Å². The summed E-state index contributed by atoms with van der Waals surface area (Å²) >= 11 is 3.60. The van der Waals surface area contributed by atoms with E-state index >= 15 is 0 Å². The van der Waals surface area contributed by atoms with Crippen LogP contribution in [0.3, 0.4) is 0 Å². The second kappa shape index (κ2) is 6.27. The molecule has 1 aliphatic rings. The molecule has 0 aliphatic carbocycles. The Morgan fingerprint density at radius 2 is 2.05 bits per heavy atom. The zero-order valence-electron chi connectivity index (χ0n) is 12.5. The maximum absolute atomic E-state index is 4.57. The molecule has 1 aromatic heterocycles. The highest BCUT2D eigenvalue weighted by Crippen LogP contribution is 2.29. The van der Waals surface area contributed by atoms with E-state index in [0.717, 1.165) is 37.2 Å². The maximum atomic E-state index is 4.57. The fourth-order valence-corrected chi connectivity index (χ4v) is 3.87. The fourth-order valence-electron chi connectivity index (χ4n) is 3.21. The molecule has 0 amide bonds. The van der Waals surface area contributed by atoms with Gasteiger partial charge in [-0.05, 0) is 26.4 Å². The Hall–Kier alpha value is -0.550. The molecule has 1 aliphatic heterocycles. The van der Waals surface area contributed by atoms with Gasteiger partial charge >= 0.3 is 0 Å². The van der Waals surface area contributed by atoms with Crippen molar-refractivity contribution >= 4 is 21.7 Å². The second-order valence-corrected chi connectivity index (χ2v) is 5.82. The number of alkyl halides is 1. The van der Waals surface area contributed by atoms with Gasteiger partial charge < -0.3 is 4.90 Å². The van der Waals surface area contributed by atoms with Gasteiger partial charge in [-0.25, -0.2) is 0 Å². The Labute approximate surface area is 124 Å². The molecule has 1 atom stereocenters. The molecular formula is C14H25BrN4. The van der Waals surface area contributed by atoms with Gasteiger partial charge in [-0.1, -0.05) is 29.8 Å². The fraction of sp³-hybridized carbons (Fsp3) is 0.786. The first kappa shape index (κ1) is 14.9. The summed E-state index contributed by atoms with van der Waals surface area (Å²) in [5, 5.41) is 5.45. The minimum absolute atomic E-state index is 0.688. The van der Waals surface area contributed by atoms with Crippen molar-refractivity contribution in [3.8, 4) is 0 Å². The molecule has 0 N–H and O–H groups in total. The highest BCUT2D eigenvalue weighted by molar-refractivity contribution is 9.08. The van der Waals surface area contributed by atoms with Crippen LogP contribution in [-0.2, 0) is 12.4 Å². The lowest BCUT2D eigenvalue weighted by Crippen LogP contribution is -2.37. The lowest BCUT2D eigenvalue weighted by atomic mass is 10.2. The molecule has 1 unspecified atom stereocenters. The Morgan fingerprint density at radius 3 is 2.63 bits per heavy atom. The zero-order valence-corrected chi connectivity index (χ0v) is 14.1. The van der Waals surface area contributed by atoms with Gasteiger partial charge in [0.2, 0.25) is 0 Å². The van der Waals surface area contributed by atoms with Crippen LogP contribution in [0, 0.1) is 6.92 Å². The summed E-state index contributed by atoms with van der Waals surface area (Å²) in [6.07, 6.45) is 1.26. The van der Waals surface area contributed by atoms with E-state index in [2.05, 4.69) is 58.6 Å². The molecule has 0 spiro atoms. The number of halogens is 1. The minimum atomic E-state index is 0.688. The van der Waals surface area contributed by atoms with E-state index in [1.54, 1.807) is 0 Å². The van der Waals surface area contributed by atoms with E-state index in [1.807, 2.05) is 4.68 Å². The van der Waals surface area contributed by atoms with Crippen LogP contribution in [0.25, 0.3) is 0 Å². The molecule has 0 bridgehead atoms. The summed E-state index contributed by atoms with van der Waals surface area (Å²) < 4.78 is 2.04. The molecule has 5 heteroatoms. The molecule has 1 saturated heterocycles. The molecule has 1 aromatic rings. The summed E-state index contributed by atoms with van der Waals surface area (Å²) in [5.41, 5.74) is 2.48. The van der Waals surface area contributed by atoms with Gasteiger partial charge in [0.15, 0.2) is 0 Å². The Bertz CT molecular complexity index is 425. The Balaban J connectivity index is 2.17. The van der Waals surface area contributed by atoms with Crippen molar-refractivity contribution in [2.24, 2.45) is 7.05 Å². The summed E-state index contributed by atoms with van der Waals surface area (Å²) in [7, 11) is 2.05. The molecule has 0 radical (unpaired) electrons. The van der Waals surface area contributed by atoms with Crippen LogP contribution < -0.4 is 4.90 Å². The highest BCUT2D eigenvalue weighted by atomic mass is 79.9. The number of aryl methyl sites for hydroxylation is 2. The molecular weight excluding hydrogens is 304 g/mol. The predicted molar refractivity (Wildman–Crippen MR) is 84.1 cm³/mol. The van der Waals surface area contributed by atoms with Gasteiger partial charge in [0.1, 0.15) is 5.82 Å². The summed E-state index contributed by atoms with van der Waals surface area (Å²) in [6, 6.07) is 0.688. The van der Waals surface area contributed by atoms with Gasteiger partial charge in [0.05, 0.1) is 5.69 Å². The topological polar surface area (TPSA) is 24.3 Å². The maximum Gasteiger partial charge on any atom is 0.130 e. The second-order valence-electron chi connectivity index (χ2n) is 5.25. The zero-order chi connectivity index (χ0) is 14.0. The van der Waals surface area contributed by atoms with Crippen molar-refractivity contribution in [2.75, 3.05) is 31.1 Å². The first-order valence-corrected chi connectivity index (χ1v) is 8.31. The SMILES string of the molecule is CCN(CC)C1CCN(c2c(CBr)c(C)nn2C)C1. The van der Waals surface area contributed by atoms with Gasteiger partial charge in [0, 0.05) is 37.1 Å². The van der Waals surface area contributed by atoms with Crippen molar-refractivity contribution in [1.29, 1.82) is 0 Å². The summed E-state index contributed by atoms with van der Waals surface area (Å²) in [4.78, 5) is 5.07. The number of aromatic nitrogens is 2. The van der Waals surface area contributed by atoms with Crippen LogP contribution in [0.2, 0.25) is 0 Å². The molecule has 108 valence electrons. The largest absolute Gasteiger partial charge is 0.355 e. The highest BCUT2D eigenvalue weighted by Gasteiger charge is 2.29. The number of likely N-dealkylation sites (N-methyl/N-ethyl adjacent to an activating group) is 1. The van der Waals surface area contributed by atoms with Crippen LogP contribution in [0.1, 0.15) is 31.5 Å². The molecule has 19 heavy (non-hydrogen) atoms. The average Bonchev–Trinajstić information content (AvgIpc) is 2.95. The third-order valence-electron chi connectivity index (χ3n) is 4.24. The van der Waals surface area contributed by atoms with Crippen molar-refractivity contribution in [1.82, 2.24) is 14.7 Å². The molecule has 2 heterocycles. The molecule has 0 saturated carbocycles. The van der Waals surface area contributed by atoms with Crippen LogP contribution >= 0.6 is 15.9 Å². The van der Waals surface area contributed by atoms with Crippen LogP contribution in [-0.4, -0.2) is 46.9 Å². The van der Waals surface area contributed by atoms with E-state index < -0.39 is 0 Å². The number of hydrogen-bond donors (Lipinski definition) is 0. The van der Waals surface area contributed by atoms with Crippen molar-refractivity contribution in [3.05, 3.63) is 11.3 Å². The summed E-state index contributed by atoms with van der Waals surface area (Å²) in [6.45, 7) is 11.2.